The molecular formula is C16H31N3O4. The molecule has 1 saturated heterocycles. The van der Waals surface area contributed by atoms with Crippen LogP contribution in [0.15, 0.2) is 0 Å². The number of methoxy groups -OCH3 is 1. The number of hydrogen-bond acceptors (Lipinski definition) is 5. The van der Waals surface area contributed by atoms with Crippen LogP contribution in [0.3, 0.4) is 0 Å². The van der Waals surface area contributed by atoms with Crippen LogP contribution in [-0.4, -0.2) is 68.4 Å². The van der Waals surface area contributed by atoms with Crippen LogP contribution < -0.4 is 10.6 Å². The highest BCUT2D eigenvalue weighted by atomic mass is 16.6. The van der Waals surface area contributed by atoms with Gasteiger partial charge in [-0.3, -0.25) is 4.79 Å². The molecule has 0 aliphatic carbocycles. The molecule has 1 heterocycles. The molecule has 0 aromatic heterocycles. The second kappa shape index (κ2) is 9.72. The molecular weight excluding hydrogens is 298 g/mol. The van der Waals surface area contributed by atoms with Gasteiger partial charge in [0.15, 0.2) is 0 Å². The van der Waals surface area contributed by atoms with Gasteiger partial charge < -0.3 is 25.0 Å². The monoisotopic (exact) mass is 329 g/mol. The van der Waals surface area contributed by atoms with Gasteiger partial charge >= 0.3 is 6.09 Å². The molecule has 2 amide bonds. The highest BCUT2D eigenvalue weighted by Crippen LogP contribution is 2.15. The maximum absolute atomic E-state index is 12.1. The van der Waals surface area contributed by atoms with Crippen molar-refractivity contribution in [2.75, 3.05) is 39.9 Å². The van der Waals surface area contributed by atoms with Gasteiger partial charge in [0, 0.05) is 45.8 Å². The number of piperidine rings is 1. The first-order valence-corrected chi connectivity index (χ1v) is 8.29. The number of likely N-dealkylation sites (tertiary alicyclic amines) is 1. The van der Waals surface area contributed by atoms with E-state index in [1.165, 1.54) is 0 Å². The fourth-order valence-corrected chi connectivity index (χ4v) is 2.41. The van der Waals surface area contributed by atoms with Crippen molar-refractivity contribution in [1.82, 2.24) is 15.5 Å². The average molecular weight is 329 g/mol. The molecule has 1 aliphatic heterocycles. The van der Waals surface area contributed by atoms with Gasteiger partial charge in [-0.15, -0.1) is 0 Å². The zero-order valence-corrected chi connectivity index (χ0v) is 14.8. The van der Waals surface area contributed by atoms with Crippen molar-refractivity contribution in [1.29, 1.82) is 0 Å². The minimum atomic E-state index is -0.474. The maximum atomic E-state index is 12.1. The smallest absolute Gasteiger partial charge is 0.410 e. The van der Waals surface area contributed by atoms with E-state index < -0.39 is 5.60 Å². The summed E-state index contributed by atoms with van der Waals surface area (Å²) in [7, 11) is 1.60. The van der Waals surface area contributed by atoms with E-state index >= 15 is 0 Å². The number of nitrogens with zero attached hydrogens (tertiary/aromatic N) is 1. The lowest BCUT2D eigenvalue weighted by molar-refractivity contribution is -0.121. The summed E-state index contributed by atoms with van der Waals surface area (Å²) in [6.45, 7) is 8.61. The third-order valence-electron chi connectivity index (χ3n) is 3.49. The third kappa shape index (κ3) is 8.76. The molecule has 0 radical (unpaired) electrons. The molecule has 2 N–H and O–H groups in total. The number of hydrogen-bond donors (Lipinski definition) is 2. The van der Waals surface area contributed by atoms with Gasteiger partial charge in [-0.05, 0) is 33.6 Å². The lowest BCUT2D eigenvalue weighted by Crippen LogP contribution is -2.49. The number of carbonyl (C=O) groups excluding carboxylic acids is 2. The molecule has 7 heteroatoms. The number of ether oxygens (including phenoxy) is 2. The molecule has 23 heavy (non-hydrogen) atoms. The molecule has 1 rings (SSSR count). The van der Waals surface area contributed by atoms with Crippen LogP contribution in [0.2, 0.25) is 0 Å². The molecule has 0 saturated carbocycles. The largest absolute Gasteiger partial charge is 0.444 e. The Balaban J connectivity index is 2.25. The minimum absolute atomic E-state index is 0.00866. The Kier molecular flexibility index (Phi) is 8.33. The lowest BCUT2D eigenvalue weighted by Gasteiger charge is -2.34. The van der Waals surface area contributed by atoms with Crippen LogP contribution >= 0.6 is 0 Å². The summed E-state index contributed by atoms with van der Waals surface area (Å²) in [4.78, 5) is 25.4. The lowest BCUT2D eigenvalue weighted by atomic mass is 10.1. The summed E-state index contributed by atoms with van der Waals surface area (Å²) in [5.74, 6) is 0.00866. The molecule has 134 valence electrons. The zero-order chi connectivity index (χ0) is 17.3. The van der Waals surface area contributed by atoms with Gasteiger partial charge in [0.25, 0.3) is 0 Å². The van der Waals surface area contributed by atoms with Crippen LogP contribution in [0.1, 0.15) is 40.0 Å². The van der Waals surface area contributed by atoms with E-state index in [-0.39, 0.29) is 18.0 Å². The quantitative estimate of drug-likeness (QED) is 0.685. The number of nitrogens with one attached hydrogen (secondary N) is 2. The second-order valence-corrected chi connectivity index (χ2v) is 6.81. The minimum Gasteiger partial charge on any atom is -0.444 e. The Labute approximate surface area is 139 Å². The van der Waals surface area contributed by atoms with Crippen LogP contribution in [0.25, 0.3) is 0 Å². The molecule has 0 aromatic carbocycles. The normalized spacial score (nSPS) is 18.6. The predicted octanol–water partition coefficient (Wildman–Crippen LogP) is 1.13. The van der Waals surface area contributed by atoms with Crippen LogP contribution in [0.5, 0.6) is 0 Å². The molecule has 1 aliphatic rings. The van der Waals surface area contributed by atoms with E-state index in [2.05, 4.69) is 10.6 Å². The first-order chi connectivity index (χ1) is 10.8. The van der Waals surface area contributed by atoms with Gasteiger partial charge in [0.05, 0.1) is 6.61 Å². The summed E-state index contributed by atoms with van der Waals surface area (Å²) in [6.07, 6.45) is 2.11. The molecule has 0 spiro atoms. The first-order valence-electron chi connectivity index (χ1n) is 8.29. The van der Waals surface area contributed by atoms with Crippen molar-refractivity contribution in [3.05, 3.63) is 0 Å². The molecule has 7 nitrogen and oxygen atoms in total. The Morgan fingerprint density at radius 1 is 1.26 bits per heavy atom. The van der Waals surface area contributed by atoms with Gasteiger partial charge in [-0.2, -0.15) is 0 Å². The van der Waals surface area contributed by atoms with E-state index in [0.717, 1.165) is 19.4 Å². The molecule has 1 unspecified atom stereocenters. The fourth-order valence-electron chi connectivity index (χ4n) is 2.41. The standard InChI is InChI=1S/C16H31N3O4/c1-16(2,3)23-15(21)19-10-5-6-13(12-19)17-8-7-14(20)18-9-11-22-4/h13,17H,5-12H2,1-4H3,(H,18,20). The van der Waals surface area contributed by atoms with Crippen LogP contribution in [-0.2, 0) is 14.3 Å². The second-order valence-electron chi connectivity index (χ2n) is 6.81. The summed E-state index contributed by atoms with van der Waals surface area (Å²) in [5.41, 5.74) is -0.474. The summed E-state index contributed by atoms with van der Waals surface area (Å²) >= 11 is 0. The number of carbonyl (C=O) groups is 2. The van der Waals surface area contributed by atoms with E-state index in [4.69, 9.17) is 9.47 Å². The topological polar surface area (TPSA) is 79.9 Å². The Bertz CT molecular complexity index is 382. The van der Waals surface area contributed by atoms with Gasteiger partial charge in [0.2, 0.25) is 5.91 Å². The molecule has 0 aromatic rings. The SMILES string of the molecule is COCCNC(=O)CCNC1CCCN(C(=O)OC(C)(C)C)C1. The molecule has 1 atom stereocenters. The van der Waals surface area contributed by atoms with Crippen LogP contribution in [0, 0.1) is 0 Å². The van der Waals surface area contributed by atoms with E-state index in [9.17, 15) is 9.59 Å². The molecule has 0 bridgehead atoms. The van der Waals surface area contributed by atoms with Gasteiger partial charge in [-0.25, -0.2) is 4.79 Å². The molecule has 1 fully saturated rings. The third-order valence-corrected chi connectivity index (χ3v) is 3.49. The van der Waals surface area contributed by atoms with Crippen molar-refractivity contribution >= 4 is 12.0 Å². The van der Waals surface area contributed by atoms with E-state index in [1.807, 2.05) is 20.8 Å². The predicted molar refractivity (Wildman–Crippen MR) is 88.3 cm³/mol. The van der Waals surface area contributed by atoms with Crippen molar-refractivity contribution in [3.63, 3.8) is 0 Å². The van der Waals surface area contributed by atoms with Crippen molar-refractivity contribution in [2.45, 2.75) is 51.7 Å². The summed E-state index contributed by atoms with van der Waals surface area (Å²) < 4.78 is 10.3. The Hall–Kier alpha value is -1.34. The van der Waals surface area contributed by atoms with Gasteiger partial charge in [0.1, 0.15) is 5.60 Å². The Morgan fingerprint density at radius 3 is 2.65 bits per heavy atom. The van der Waals surface area contributed by atoms with Crippen molar-refractivity contribution < 1.29 is 19.1 Å². The highest BCUT2D eigenvalue weighted by molar-refractivity contribution is 5.76. The maximum Gasteiger partial charge on any atom is 0.410 e. The Morgan fingerprint density at radius 2 is 2.00 bits per heavy atom. The summed E-state index contributed by atoms with van der Waals surface area (Å²) in [6, 6.07) is 0.211. The summed E-state index contributed by atoms with van der Waals surface area (Å²) in [5, 5.41) is 6.13. The van der Waals surface area contributed by atoms with E-state index in [1.54, 1.807) is 12.0 Å². The number of amides is 2. The first kappa shape index (κ1) is 19.7. The van der Waals surface area contributed by atoms with Crippen LogP contribution in [0.4, 0.5) is 4.79 Å². The number of rotatable bonds is 7. The van der Waals surface area contributed by atoms with E-state index in [0.29, 0.717) is 32.7 Å². The van der Waals surface area contributed by atoms with Crippen molar-refractivity contribution in [3.8, 4) is 0 Å². The van der Waals surface area contributed by atoms with Gasteiger partial charge in [-0.1, -0.05) is 0 Å². The fraction of sp³-hybridized carbons (Fsp3) is 0.875. The average Bonchev–Trinajstić information content (AvgIpc) is 2.46. The highest BCUT2D eigenvalue weighted by Gasteiger charge is 2.27. The van der Waals surface area contributed by atoms with Crippen molar-refractivity contribution in [2.24, 2.45) is 0 Å². The zero-order valence-electron chi connectivity index (χ0n) is 14.8.